The summed E-state index contributed by atoms with van der Waals surface area (Å²) < 4.78 is 0. The van der Waals surface area contributed by atoms with Crippen LogP contribution in [0.15, 0.2) is 0 Å². The second kappa shape index (κ2) is 5.16. The molecule has 1 N–H and O–H groups in total. The van der Waals surface area contributed by atoms with E-state index in [1.165, 1.54) is 12.8 Å². The molecule has 0 saturated heterocycles. The van der Waals surface area contributed by atoms with E-state index in [1.807, 2.05) is 0 Å². The van der Waals surface area contributed by atoms with Gasteiger partial charge >= 0.3 is 0 Å². The summed E-state index contributed by atoms with van der Waals surface area (Å²) in [7, 11) is 4.12. The summed E-state index contributed by atoms with van der Waals surface area (Å²) in [6, 6.07) is 2.55. The van der Waals surface area contributed by atoms with Crippen LogP contribution in [0.1, 0.15) is 39.5 Å². The highest BCUT2D eigenvalue weighted by Crippen LogP contribution is 2.43. The van der Waals surface area contributed by atoms with Crippen LogP contribution in [0.4, 0.5) is 0 Å². The van der Waals surface area contributed by atoms with E-state index in [2.05, 4.69) is 44.2 Å². The monoisotopic (exact) mass is 223 g/mol. The quantitative estimate of drug-likeness (QED) is 0.792. The van der Waals surface area contributed by atoms with Crippen molar-refractivity contribution in [2.75, 3.05) is 27.2 Å². The maximum atomic E-state index is 9.52. The van der Waals surface area contributed by atoms with Crippen molar-refractivity contribution in [1.29, 1.82) is 5.26 Å². The van der Waals surface area contributed by atoms with Gasteiger partial charge in [-0.1, -0.05) is 26.7 Å². The summed E-state index contributed by atoms with van der Waals surface area (Å²) in [5, 5.41) is 13.0. The van der Waals surface area contributed by atoms with Gasteiger partial charge in [0.2, 0.25) is 0 Å². The lowest BCUT2D eigenvalue weighted by atomic mass is 9.64. The van der Waals surface area contributed by atoms with Gasteiger partial charge in [-0.25, -0.2) is 0 Å². The maximum Gasteiger partial charge on any atom is 0.111 e. The lowest BCUT2D eigenvalue weighted by molar-refractivity contribution is 0.108. The second-order valence-electron chi connectivity index (χ2n) is 5.84. The van der Waals surface area contributed by atoms with E-state index < -0.39 is 0 Å². The van der Waals surface area contributed by atoms with E-state index in [0.29, 0.717) is 0 Å². The molecule has 1 rings (SSSR count). The molecular weight excluding hydrogens is 198 g/mol. The number of hydrogen-bond donors (Lipinski definition) is 1. The molecule has 3 heteroatoms. The number of nitriles is 1. The van der Waals surface area contributed by atoms with Crippen molar-refractivity contribution in [3.63, 3.8) is 0 Å². The molecular formula is C13H25N3. The number of hydrogen-bond acceptors (Lipinski definition) is 3. The Morgan fingerprint density at radius 1 is 1.25 bits per heavy atom. The highest BCUT2D eigenvalue weighted by Gasteiger charge is 2.46. The van der Waals surface area contributed by atoms with Gasteiger partial charge in [0, 0.05) is 13.1 Å². The molecule has 0 spiro atoms. The van der Waals surface area contributed by atoms with E-state index in [1.54, 1.807) is 0 Å². The molecule has 0 bridgehead atoms. The highest BCUT2D eigenvalue weighted by atomic mass is 15.1. The summed E-state index contributed by atoms with van der Waals surface area (Å²) in [5.74, 6) is 0. The molecule has 1 aliphatic rings. The van der Waals surface area contributed by atoms with Crippen molar-refractivity contribution >= 4 is 0 Å². The molecule has 1 fully saturated rings. The van der Waals surface area contributed by atoms with Crippen LogP contribution < -0.4 is 5.32 Å². The Hall–Kier alpha value is -0.590. The van der Waals surface area contributed by atoms with Gasteiger partial charge < -0.3 is 4.90 Å². The number of rotatable bonds is 4. The number of nitrogens with one attached hydrogen (secondary N) is 1. The van der Waals surface area contributed by atoms with E-state index in [-0.39, 0.29) is 11.0 Å². The predicted molar refractivity (Wildman–Crippen MR) is 67.1 cm³/mol. The van der Waals surface area contributed by atoms with Crippen LogP contribution in [0, 0.1) is 16.7 Å². The molecule has 0 aliphatic heterocycles. The molecule has 0 amide bonds. The standard InChI is InChI=1S/C13H25N3/c1-12(2)7-5-6-8-13(12,11-14)15-9-10-16(3)4/h15H,5-10H2,1-4H3. The Morgan fingerprint density at radius 2 is 1.88 bits per heavy atom. The fraction of sp³-hybridized carbons (Fsp3) is 0.923. The SMILES string of the molecule is CN(C)CCNC1(C#N)CCCCC1(C)C. The van der Waals surface area contributed by atoms with Gasteiger partial charge in [-0.3, -0.25) is 5.32 Å². The smallest absolute Gasteiger partial charge is 0.111 e. The molecule has 0 aromatic carbocycles. The van der Waals surface area contributed by atoms with Crippen LogP contribution in [0.3, 0.4) is 0 Å². The van der Waals surface area contributed by atoms with Crippen LogP contribution in [-0.4, -0.2) is 37.6 Å². The average Bonchev–Trinajstić information content (AvgIpc) is 2.20. The van der Waals surface area contributed by atoms with Crippen molar-refractivity contribution in [2.45, 2.75) is 45.1 Å². The lowest BCUT2D eigenvalue weighted by Crippen LogP contribution is -2.57. The molecule has 1 aliphatic carbocycles. The minimum atomic E-state index is -0.318. The first-order chi connectivity index (χ1) is 7.43. The van der Waals surface area contributed by atoms with Gasteiger partial charge in [0.05, 0.1) is 6.07 Å². The number of likely N-dealkylation sites (N-methyl/N-ethyl adjacent to an activating group) is 1. The molecule has 1 saturated carbocycles. The zero-order valence-corrected chi connectivity index (χ0v) is 11.1. The molecule has 1 unspecified atom stereocenters. The fourth-order valence-corrected chi connectivity index (χ4v) is 2.58. The second-order valence-corrected chi connectivity index (χ2v) is 5.84. The minimum absolute atomic E-state index is 0.0896. The van der Waals surface area contributed by atoms with Crippen molar-refractivity contribution in [3.05, 3.63) is 0 Å². The van der Waals surface area contributed by atoms with Gasteiger partial charge in [0.1, 0.15) is 5.54 Å². The average molecular weight is 223 g/mol. The van der Waals surface area contributed by atoms with Gasteiger partial charge in [-0.15, -0.1) is 0 Å². The highest BCUT2D eigenvalue weighted by molar-refractivity contribution is 5.16. The van der Waals surface area contributed by atoms with Crippen LogP contribution in [-0.2, 0) is 0 Å². The zero-order chi connectivity index (χ0) is 12.2. The van der Waals surface area contributed by atoms with Gasteiger partial charge in [0.15, 0.2) is 0 Å². The van der Waals surface area contributed by atoms with E-state index in [0.717, 1.165) is 25.9 Å². The third-order valence-corrected chi connectivity index (χ3v) is 3.94. The third-order valence-electron chi connectivity index (χ3n) is 3.94. The molecule has 0 radical (unpaired) electrons. The van der Waals surface area contributed by atoms with Crippen LogP contribution in [0.25, 0.3) is 0 Å². The number of nitrogens with zero attached hydrogens (tertiary/aromatic N) is 2. The first-order valence-corrected chi connectivity index (χ1v) is 6.24. The molecule has 1 atom stereocenters. The van der Waals surface area contributed by atoms with E-state index in [4.69, 9.17) is 0 Å². The van der Waals surface area contributed by atoms with Gasteiger partial charge in [0.25, 0.3) is 0 Å². The maximum absolute atomic E-state index is 9.52. The first-order valence-electron chi connectivity index (χ1n) is 6.24. The van der Waals surface area contributed by atoms with Gasteiger partial charge in [-0.2, -0.15) is 5.26 Å². The van der Waals surface area contributed by atoms with Crippen molar-refractivity contribution in [3.8, 4) is 6.07 Å². The Morgan fingerprint density at radius 3 is 2.38 bits per heavy atom. The first kappa shape index (κ1) is 13.5. The van der Waals surface area contributed by atoms with E-state index in [9.17, 15) is 5.26 Å². The molecule has 3 nitrogen and oxygen atoms in total. The van der Waals surface area contributed by atoms with Crippen molar-refractivity contribution < 1.29 is 0 Å². The molecule has 16 heavy (non-hydrogen) atoms. The van der Waals surface area contributed by atoms with Crippen molar-refractivity contribution in [2.24, 2.45) is 5.41 Å². The summed E-state index contributed by atoms with van der Waals surface area (Å²) in [5.41, 5.74) is -0.229. The normalized spacial score (nSPS) is 29.0. The Labute approximate surface area is 99.8 Å². The molecule has 92 valence electrons. The third kappa shape index (κ3) is 2.75. The van der Waals surface area contributed by atoms with E-state index >= 15 is 0 Å². The lowest BCUT2D eigenvalue weighted by Gasteiger charge is -2.46. The fourth-order valence-electron chi connectivity index (χ4n) is 2.58. The van der Waals surface area contributed by atoms with Crippen LogP contribution in [0.2, 0.25) is 0 Å². The van der Waals surface area contributed by atoms with Crippen molar-refractivity contribution in [1.82, 2.24) is 10.2 Å². The molecule has 0 aromatic heterocycles. The molecule has 0 aromatic rings. The predicted octanol–water partition coefficient (Wildman–Crippen LogP) is 2.00. The summed E-state index contributed by atoms with van der Waals surface area (Å²) in [6.07, 6.45) is 4.57. The summed E-state index contributed by atoms with van der Waals surface area (Å²) >= 11 is 0. The summed E-state index contributed by atoms with van der Waals surface area (Å²) in [6.45, 7) is 6.32. The Bertz CT molecular complexity index is 265. The molecule has 0 heterocycles. The zero-order valence-electron chi connectivity index (χ0n) is 11.1. The van der Waals surface area contributed by atoms with Crippen LogP contribution in [0.5, 0.6) is 0 Å². The summed E-state index contributed by atoms with van der Waals surface area (Å²) in [4.78, 5) is 2.15. The van der Waals surface area contributed by atoms with Crippen LogP contribution >= 0.6 is 0 Å². The van der Waals surface area contributed by atoms with Gasteiger partial charge in [-0.05, 0) is 32.4 Å². The minimum Gasteiger partial charge on any atom is -0.308 e. The largest absolute Gasteiger partial charge is 0.308 e. The Kier molecular flexibility index (Phi) is 4.35. The Balaban J connectivity index is 2.65. The topological polar surface area (TPSA) is 39.1 Å².